The Morgan fingerprint density at radius 2 is 1.84 bits per heavy atom. The summed E-state index contributed by atoms with van der Waals surface area (Å²) in [4.78, 5) is 84.7. The number of fused-ring (bicyclic) bond motifs is 2. The second-order valence-corrected chi connectivity index (χ2v) is 15.9. The topological polar surface area (TPSA) is 237 Å². The van der Waals surface area contributed by atoms with Crippen LogP contribution in [0.4, 0.5) is 10.2 Å². The fourth-order valence-electron chi connectivity index (χ4n) is 6.82. The van der Waals surface area contributed by atoms with Crippen molar-refractivity contribution in [1.82, 2.24) is 26.1 Å². The molecule has 1 fully saturated rings. The summed E-state index contributed by atoms with van der Waals surface area (Å²) in [5, 5.41) is 41.6. The molecule has 7 atom stereocenters. The summed E-state index contributed by atoms with van der Waals surface area (Å²) < 4.78 is 20.4. The van der Waals surface area contributed by atoms with Crippen LogP contribution in [0.25, 0.3) is 6.08 Å². The normalized spacial score (nSPS) is 26.6. The van der Waals surface area contributed by atoms with Crippen LogP contribution in [0.1, 0.15) is 72.3 Å². The quantitative estimate of drug-likeness (QED) is 0.108. The largest absolute Gasteiger partial charge is 0.508 e. The lowest BCUT2D eigenvalue weighted by Gasteiger charge is -2.34. The lowest BCUT2D eigenvalue weighted by molar-refractivity contribution is -0.154. The van der Waals surface area contributed by atoms with E-state index < -0.39 is 95.0 Å². The Kier molecular flexibility index (Phi) is 18.6. The zero-order valence-corrected chi connectivity index (χ0v) is 36.0. The second kappa shape index (κ2) is 23.8. The van der Waals surface area contributed by atoms with Crippen LogP contribution in [0, 0.1) is 23.6 Å². The molecule has 4 rings (SSSR count). The summed E-state index contributed by atoms with van der Waals surface area (Å²) in [5.74, 6) is -7.54. The summed E-state index contributed by atoms with van der Waals surface area (Å²) in [5.41, 5.74) is 3.05. The molecular formula is C46H57FN6O10. The van der Waals surface area contributed by atoms with Crippen LogP contribution < -0.4 is 21.4 Å². The molecule has 2 aliphatic heterocycles. The van der Waals surface area contributed by atoms with E-state index in [4.69, 9.17) is 4.74 Å². The van der Waals surface area contributed by atoms with Crippen molar-refractivity contribution in [2.24, 2.45) is 17.8 Å². The number of carbonyl (C=O) groups excluding carboxylic acids is 6. The van der Waals surface area contributed by atoms with Gasteiger partial charge >= 0.3 is 5.97 Å². The molecule has 338 valence electrons. The average molecular weight is 873 g/mol. The number of phenols is 1. The van der Waals surface area contributed by atoms with Gasteiger partial charge in [0.15, 0.2) is 0 Å². The number of nitrogens with one attached hydrogen (secondary N) is 4. The Morgan fingerprint density at radius 3 is 2.52 bits per heavy atom. The van der Waals surface area contributed by atoms with E-state index in [1.807, 2.05) is 0 Å². The number of halogens is 1. The number of aliphatic hydroxyl groups is 2. The zero-order chi connectivity index (χ0) is 46.2. The van der Waals surface area contributed by atoms with Gasteiger partial charge in [-0.05, 0) is 80.5 Å². The molecule has 4 amide bonds. The summed E-state index contributed by atoms with van der Waals surface area (Å²) in [7, 11) is 0. The minimum absolute atomic E-state index is 0.00567. The maximum Gasteiger partial charge on any atom is 0.325 e. The maximum absolute atomic E-state index is 14.4. The van der Waals surface area contributed by atoms with Crippen LogP contribution in [0.2, 0.25) is 0 Å². The molecule has 17 heteroatoms. The Morgan fingerprint density at radius 1 is 1.08 bits per heavy atom. The summed E-state index contributed by atoms with van der Waals surface area (Å²) in [6.45, 7) is 7.93. The summed E-state index contributed by atoms with van der Waals surface area (Å²) in [6.07, 6.45) is 10.2. The monoisotopic (exact) mass is 872 g/mol. The number of carbonyl (C=O) groups is 6. The van der Waals surface area contributed by atoms with Gasteiger partial charge in [-0.15, -0.1) is 0 Å². The number of ketones is 1. The van der Waals surface area contributed by atoms with E-state index in [9.17, 15) is 48.5 Å². The van der Waals surface area contributed by atoms with Crippen molar-refractivity contribution in [2.75, 3.05) is 11.9 Å². The van der Waals surface area contributed by atoms with Crippen LogP contribution in [0.3, 0.4) is 0 Å². The van der Waals surface area contributed by atoms with E-state index in [-0.39, 0.29) is 43.6 Å². The number of phenolic OH excluding ortho intramolecular Hbond substituents is 1. The van der Waals surface area contributed by atoms with Crippen molar-refractivity contribution in [3.8, 4) is 5.75 Å². The lowest BCUT2D eigenvalue weighted by atomic mass is 9.84. The van der Waals surface area contributed by atoms with E-state index in [1.165, 1.54) is 50.4 Å². The molecule has 0 spiro atoms. The molecule has 63 heavy (non-hydrogen) atoms. The smallest absolute Gasteiger partial charge is 0.325 e. The minimum atomic E-state index is -1.48. The van der Waals surface area contributed by atoms with E-state index in [1.54, 1.807) is 57.2 Å². The van der Waals surface area contributed by atoms with Crippen LogP contribution in [-0.4, -0.2) is 97.6 Å². The first kappa shape index (κ1) is 49.4. The van der Waals surface area contributed by atoms with Gasteiger partial charge in [0, 0.05) is 43.6 Å². The van der Waals surface area contributed by atoms with Gasteiger partial charge in [0.05, 0.1) is 18.1 Å². The van der Waals surface area contributed by atoms with Crippen LogP contribution >= 0.6 is 0 Å². The predicted molar refractivity (Wildman–Crippen MR) is 232 cm³/mol. The molecule has 2 bridgehead atoms. The van der Waals surface area contributed by atoms with Crippen molar-refractivity contribution >= 4 is 47.3 Å². The van der Waals surface area contributed by atoms with Crippen molar-refractivity contribution in [3.63, 3.8) is 0 Å². The van der Waals surface area contributed by atoms with Gasteiger partial charge in [0.2, 0.25) is 17.7 Å². The zero-order valence-electron chi connectivity index (χ0n) is 36.0. The van der Waals surface area contributed by atoms with Crippen LogP contribution in [0.5, 0.6) is 5.75 Å². The van der Waals surface area contributed by atoms with E-state index >= 15 is 0 Å². The Hall–Kier alpha value is -6.30. The average Bonchev–Trinajstić information content (AvgIpc) is 3.23. The molecule has 1 unspecified atom stereocenters. The van der Waals surface area contributed by atoms with Crippen molar-refractivity contribution in [3.05, 3.63) is 108 Å². The molecule has 7 N–H and O–H groups in total. The number of aliphatic hydroxyl groups excluding tert-OH is 2. The van der Waals surface area contributed by atoms with Gasteiger partial charge < -0.3 is 40.8 Å². The number of amides is 4. The molecule has 2 aliphatic rings. The van der Waals surface area contributed by atoms with Crippen molar-refractivity contribution in [1.29, 1.82) is 0 Å². The highest BCUT2D eigenvalue weighted by atomic mass is 19.1. The Labute approximate surface area is 366 Å². The number of esters is 1. The van der Waals surface area contributed by atoms with Gasteiger partial charge in [0.1, 0.15) is 47.1 Å². The number of benzene rings is 1. The molecule has 2 aromatic rings. The van der Waals surface area contributed by atoms with E-state index in [2.05, 4.69) is 26.4 Å². The number of Topliss-reactive ketones (excluding diaryl/α,β-unsaturated/α-hetero) is 1. The molecule has 0 aliphatic carbocycles. The number of allylic oxidation sites excluding steroid dienone is 4. The highest BCUT2D eigenvalue weighted by molar-refractivity contribution is 6.03. The Balaban J connectivity index is 1.74. The first-order valence-electron chi connectivity index (χ1n) is 20.8. The van der Waals surface area contributed by atoms with Crippen molar-refractivity contribution < 1.29 is 53.2 Å². The van der Waals surface area contributed by atoms with Gasteiger partial charge in [-0.1, -0.05) is 63.3 Å². The lowest BCUT2D eigenvalue weighted by Crippen LogP contribution is -2.58. The Bertz CT molecular complexity index is 2100. The molecular weight excluding hydrogens is 816 g/mol. The van der Waals surface area contributed by atoms with E-state index in [0.717, 1.165) is 23.2 Å². The standard InChI is InChI=1S/C46H57FN6O10/c1-27(2)41-44(60)49-36(25-31-23-32(47)26-33(55)24-31)45(61)53-22-12-14-35(52-53)46(62)63-38(28(3)13-11-18-40(57)50-39-17-9-10-21-48-39)16-8-6-7-15-37(56)30(5)42(58)34(43(59)51-41)20-19-29(4)54/h6-11,13,15,17-18,21,23-27,30,34-35,37-38,41-42,52,55-56,58H,12,14,16,19-20,22H2,1-5H3,(H,49,60)(H,51,59)(H,48,50,57)/b8-6+,15-7+,18-11+,28-13+,36-25+/t30-,34+,35?,37-,38-,41-,42+/m0/s1. The number of ether oxygens (including phenoxy) is 1. The number of hydrazine groups is 1. The molecule has 1 aromatic heterocycles. The molecule has 1 aromatic carbocycles. The van der Waals surface area contributed by atoms with Crippen LogP contribution in [0.15, 0.2) is 96.4 Å². The fourth-order valence-corrected chi connectivity index (χ4v) is 6.82. The number of anilines is 1. The fraction of sp³-hybridized carbons (Fsp3) is 0.413. The number of aromatic hydroxyl groups is 1. The number of rotatable bonds is 9. The molecule has 16 nitrogen and oxygen atoms in total. The van der Waals surface area contributed by atoms with Gasteiger partial charge in [-0.25, -0.2) is 14.8 Å². The number of hydrogen-bond acceptors (Lipinski definition) is 12. The SMILES string of the molecule is CC(=O)CC[C@H]1C(=O)N[C@@H](C(C)C)C(=O)N/C(=C/c2cc(O)cc(F)c2)C(=O)N2CCCC(N2)C(=O)O[C@H](/C(C)=C/C=C/C(=O)Nc2ccccn2)C/C=C/C=C/[C@H](O)[C@H](C)[C@H]1O. The first-order chi connectivity index (χ1) is 29.9. The molecule has 3 heterocycles. The van der Waals surface area contributed by atoms with E-state index in [0.29, 0.717) is 17.8 Å². The number of nitrogens with zero attached hydrogens (tertiary/aromatic N) is 2. The van der Waals surface area contributed by atoms with Gasteiger partial charge in [-0.3, -0.25) is 29.0 Å². The van der Waals surface area contributed by atoms with Gasteiger partial charge in [-0.2, -0.15) is 0 Å². The number of aromatic nitrogens is 1. The molecule has 0 radical (unpaired) electrons. The number of hydrogen-bond donors (Lipinski definition) is 7. The maximum atomic E-state index is 14.4. The third-order valence-electron chi connectivity index (χ3n) is 10.5. The van der Waals surface area contributed by atoms with Gasteiger partial charge in [0.25, 0.3) is 5.91 Å². The number of pyridine rings is 1. The number of cyclic esters (lactones) is 1. The second-order valence-electron chi connectivity index (χ2n) is 15.9. The highest BCUT2D eigenvalue weighted by Gasteiger charge is 2.37. The third kappa shape index (κ3) is 15.2. The molecule has 0 saturated carbocycles. The van der Waals surface area contributed by atoms with Crippen molar-refractivity contribution in [2.45, 2.75) is 97.1 Å². The highest BCUT2D eigenvalue weighted by Crippen LogP contribution is 2.25. The minimum Gasteiger partial charge on any atom is -0.508 e. The van der Waals surface area contributed by atoms with Crippen LogP contribution in [-0.2, 0) is 33.5 Å². The summed E-state index contributed by atoms with van der Waals surface area (Å²) in [6, 6.07) is 5.78. The third-order valence-corrected chi connectivity index (χ3v) is 10.5. The molecule has 1 saturated heterocycles. The summed E-state index contributed by atoms with van der Waals surface area (Å²) >= 11 is 0. The first-order valence-corrected chi connectivity index (χ1v) is 20.8. The predicted octanol–water partition coefficient (Wildman–Crippen LogP) is 3.93.